The number of aliphatic hydroxyl groups is 1. The van der Waals surface area contributed by atoms with Crippen molar-refractivity contribution in [2.45, 2.75) is 12.5 Å². The Morgan fingerprint density at radius 2 is 2.00 bits per heavy atom. The molecule has 0 aliphatic heterocycles. The second-order valence-corrected chi connectivity index (χ2v) is 4.39. The summed E-state index contributed by atoms with van der Waals surface area (Å²) in [5.74, 6) is 0.807. The van der Waals surface area contributed by atoms with Crippen LogP contribution in [0.3, 0.4) is 0 Å². The van der Waals surface area contributed by atoms with Crippen molar-refractivity contribution in [3.05, 3.63) is 54.2 Å². The van der Waals surface area contributed by atoms with Gasteiger partial charge >= 0.3 is 0 Å². The van der Waals surface area contributed by atoms with Crippen molar-refractivity contribution in [1.82, 2.24) is 4.98 Å². The quantitative estimate of drug-likeness (QED) is 0.742. The molecule has 0 saturated heterocycles. The number of nitrogens with one attached hydrogen (secondary N) is 2. The number of aromatic nitrogens is 1. The molecule has 4 heteroatoms. The van der Waals surface area contributed by atoms with Gasteiger partial charge in [0.1, 0.15) is 5.82 Å². The third kappa shape index (κ3) is 3.96. The second-order valence-electron chi connectivity index (χ2n) is 4.39. The summed E-state index contributed by atoms with van der Waals surface area (Å²) in [7, 11) is 1.83. The Balaban J connectivity index is 2.02. The molecule has 3 N–H and O–H groups in total. The van der Waals surface area contributed by atoms with Gasteiger partial charge in [-0.15, -0.1) is 0 Å². The Morgan fingerprint density at radius 1 is 1.21 bits per heavy atom. The van der Waals surface area contributed by atoms with Crippen molar-refractivity contribution in [1.29, 1.82) is 0 Å². The number of aliphatic hydroxyl groups excluding tert-OH is 1. The van der Waals surface area contributed by atoms with Crippen LogP contribution in [0.1, 0.15) is 5.56 Å². The minimum Gasteiger partial charge on any atom is -0.394 e. The van der Waals surface area contributed by atoms with E-state index >= 15 is 0 Å². The number of nitrogens with zero attached hydrogens (tertiary/aromatic N) is 1. The van der Waals surface area contributed by atoms with Crippen molar-refractivity contribution in [2.75, 3.05) is 24.3 Å². The summed E-state index contributed by atoms with van der Waals surface area (Å²) in [6.07, 6.45) is 2.53. The molecule has 1 aromatic carbocycles. The van der Waals surface area contributed by atoms with Crippen molar-refractivity contribution < 1.29 is 5.11 Å². The molecule has 0 saturated carbocycles. The Kier molecular flexibility index (Phi) is 4.75. The van der Waals surface area contributed by atoms with Crippen LogP contribution in [0, 0.1) is 0 Å². The molecule has 0 radical (unpaired) electrons. The van der Waals surface area contributed by atoms with Crippen LogP contribution in [-0.2, 0) is 6.42 Å². The van der Waals surface area contributed by atoms with E-state index in [0.717, 1.165) is 17.9 Å². The van der Waals surface area contributed by atoms with Crippen LogP contribution >= 0.6 is 0 Å². The summed E-state index contributed by atoms with van der Waals surface area (Å²) in [4.78, 5) is 4.16. The molecule has 2 rings (SSSR count). The maximum absolute atomic E-state index is 9.48. The van der Waals surface area contributed by atoms with Gasteiger partial charge in [0.15, 0.2) is 0 Å². The number of anilines is 2. The van der Waals surface area contributed by atoms with E-state index in [9.17, 15) is 5.11 Å². The summed E-state index contributed by atoms with van der Waals surface area (Å²) in [6.45, 7) is 0.0894. The average molecular weight is 257 g/mol. The number of hydrogen-bond acceptors (Lipinski definition) is 4. The first-order valence-corrected chi connectivity index (χ1v) is 6.37. The van der Waals surface area contributed by atoms with Crippen LogP contribution in [0.25, 0.3) is 0 Å². The molecule has 0 fully saturated rings. The van der Waals surface area contributed by atoms with Gasteiger partial charge in [-0.1, -0.05) is 30.3 Å². The van der Waals surface area contributed by atoms with Crippen molar-refractivity contribution in [3.8, 4) is 0 Å². The molecule has 0 aliphatic rings. The van der Waals surface area contributed by atoms with E-state index in [4.69, 9.17) is 0 Å². The van der Waals surface area contributed by atoms with Crippen molar-refractivity contribution in [3.63, 3.8) is 0 Å². The van der Waals surface area contributed by atoms with Gasteiger partial charge in [-0.2, -0.15) is 0 Å². The SMILES string of the molecule is CNc1cc(NC(CO)Cc2ccccc2)ccn1. The normalized spacial score (nSPS) is 11.9. The molecule has 0 bridgehead atoms. The van der Waals surface area contributed by atoms with Gasteiger partial charge < -0.3 is 15.7 Å². The molecule has 100 valence electrons. The smallest absolute Gasteiger partial charge is 0.127 e. The molecule has 2 aromatic rings. The van der Waals surface area contributed by atoms with Crippen LogP contribution in [0.15, 0.2) is 48.7 Å². The minimum absolute atomic E-state index is 0.00509. The van der Waals surface area contributed by atoms with Gasteiger partial charge in [-0.05, 0) is 18.1 Å². The first-order chi connectivity index (χ1) is 9.31. The molecule has 1 unspecified atom stereocenters. The van der Waals surface area contributed by atoms with Crippen LogP contribution < -0.4 is 10.6 Å². The topological polar surface area (TPSA) is 57.2 Å². The van der Waals surface area contributed by atoms with Crippen LogP contribution in [0.5, 0.6) is 0 Å². The number of benzene rings is 1. The molecule has 1 atom stereocenters. The first kappa shape index (κ1) is 13.4. The average Bonchev–Trinajstić information content (AvgIpc) is 2.48. The standard InChI is InChI=1S/C15H19N3O/c1-16-15-10-13(7-8-17-15)18-14(11-19)9-12-5-3-2-4-6-12/h2-8,10,14,19H,9,11H2,1H3,(H2,16,17,18). The van der Waals surface area contributed by atoms with Crippen molar-refractivity contribution >= 4 is 11.5 Å². The Hall–Kier alpha value is -2.07. The molecule has 1 aromatic heterocycles. The Labute approximate surface area is 113 Å². The summed E-state index contributed by atoms with van der Waals surface area (Å²) in [5, 5.41) is 15.8. The molecule has 0 spiro atoms. The lowest BCUT2D eigenvalue weighted by atomic mass is 10.1. The van der Waals surface area contributed by atoms with E-state index in [1.807, 2.05) is 37.4 Å². The van der Waals surface area contributed by atoms with Crippen LogP contribution in [-0.4, -0.2) is 29.8 Å². The third-order valence-electron chi connectivity index (χ3n) is 2.93. The Morgan fingerprint density at radius 3 is 2.68 bits per heavy atom. The zero-order valence-corrected chi connectivity index (χ0v) is 11.0. The predicted molar refractivity (Wildman–Crippen MR) is 78.4 cm³/mol. The van der Waals surface area contributed by atoms with E-state index in [1.54, 1.807) is 6.20 Å². The number of rotatable bonds is 6. The fraction of sp³-hybridized carbons (Fsp3) is 0.267. The monoisotopic (exact) mass is 257 g/mol. The fourth-order valence-corrected chi connectivity index (χ4v) is 1.95. The molecular formula is C15H19N3O. The largest absolute Gasteiger partial charge is 0.394 e. The van der Waals surface area contributed by atoms with E-state index < -0.39 is 0 Å². The van der Waals surface area contributed by atoms with Gasteiger partial charge in [0.2, 0.25) is 0 Å². The lowest BCUT2D eigenvalue weighted by Gasteiger charge is -2.18. The molecule has 4 nitrogen and oxygen atoms in total. The summed E-state index contributed by atoms with van der Waals surface area (Å²) in [6, 6.07) is 14.0. The molecule has 0 aliphatic carbocycles. The van der Waals surface area contributed by atoms with Gasteiger partial charge in [0.25, 0.3) is 0 Å². The molecular weight excluding hydrogens is 238 g/mol. The number of hydrogen-bond donors (Lipinski definition) is 3. The van der Waals surface area contributed by atoms with Gasteiger partial charge in [-0.25, -0.2) is 4.98 Å². The van der Waals surface area contributed by atoms with Crippen LogP contribution in [0.4, 0.5) is 11.5 Å². The molecule has 1 heterocycles. The molecule has 19 heavy (non-hydrogen) atoms. The lowest BCUT2D eigenvalue weighted by molar-refractivity contribution is 0.273. The lowest BCUT2D eigenvalue weighted by Crippen LogP contribution is -2.26. The minimum atomic E-state index is -0.00509. The highest BCUT2D eigenvalue weighted by Crippen LogP contribution is 2.14. The highest BCUT2D eigenvalue weighted by molar-refractivity contribution is 5.52. The highest BCUT2D eigenvalue weighted by atomic mass is 16.3. The zero-order chi connectivity index (χ0) is 13.5. The van der Waals surface area contributed by atoms with E-state index in [2.05, 4.69) is 27.8 Å². The summed E-state index contributed by atoms with van der Waals surface area (Å²) in [5.41, 5.74) is 2.16. The number of pyridine rings is 1. The van der Waals surface area contributed by atoms with E-state index in [0.29, 0.717) is 0 Å². The third-order valence-corrected chi connectivity index (χ3v) is 2.93. The first-order valence-electron chi connectivity index (χ1n) is 6.37. The highest BCUT2D eigenvalue weighted by Gasteiger charge is 2.08. The Bertz CT molecular complexity index is 502. The second kappa shape index (κ2) is 6.75. The van der Waals surface area contributed by atoms with Crippen LogP contribution in [0.2, 0.25) is 0 Å². The van der Waals surface area contributed by atoms with E-state index in [1.165, 1.54) is 5.56 Å². The van der Waals surface area contributed by atoms with Gasteiger partial charge in [0.05, 0.1) is 12.6 Å². The predicted octanol–water partition coefficient (Wildman–Crippen LogP) is 2.14. The summed E-state index contributed by atoms with van der Waals surface area (Å²) >= 11 is 0. The zero-order valence-electron chi connectivity index (χ0n) is 11.0. The molecule has 0 amide bonds. The van der Waals surface area contributed by atoms with Gasteiger partial charge in [-0.3, -0.25) is 0 Å². The van der Waals surface area contributed by atoms with Gasteiger partial charge in [0, 0.05) is 25.0 Å². The van der Waals surface area contributed by atoms with Crippen molar-refractivity contribution in [2.24, 2.45) is 0 Å². The van der Waals surface area contributed by atoms with E-state index in [-0.39, 0.29) is 12.6 Å². The fourth-order valence-electron chi connectivity index (χ4n) is 1.95. The maximum Gasteiger partial charge on any atom is 0.127 e. The summed E-state index contributed by atoms with van der Waals surface area (Å²) < 4.78 is 0. The maximum atomic E-state index is 9.48.